The molecular weight excluding hydrogens is 194 g/mol. The van der Waals surface area contributed by atoms with Gasteiger partial charge in [0.25, 0.3) is 0 Å². The first-order valence-corrected chi connectivity index (χ1v) is 5.33. The fourth-order valence-electron chi connectivity index (χ4n) is 1.17. The highest BCUT2D eigenvalue weighted by Gasteiger charge is 1.98. The highest BCUT2D eigenvalue weighted by atomic mass is 32.1. The maximum absolute atomic E-state index is 4.24. The van der Waals surface area contributed by atoms with Crippen LogP contribution in [0, 0.1) is 6.92 Å². The Hall–Kier alpha value is -1.42. The van der Waals surface area contributed by atoms with E-state index in [1.807, 2.05) is 29.9 Å². The Bertz CT molecular complexity index is 398. The lowest BCUT2D eigenvalue weighted by atomic mass is 10.3. The van der Waals surface area contributed by atoms with Crippen molar-refractivity contribution in [2.24, 2.45) is 0 Å². The molecule has 0 radical (unpaired) electrons. The maximum Gasteiger partial charge on any atom is 0.129 e. The molecule has 0 bridgehead atoms. The van der Waals surface area contributed by atoms with Crippen molar-refractivity contribution >= 4 is 17.2 Å². The van der Waals surface area contributed by atoms with Crippen LogP contribution in [0.3, 0.4) is 0 Å². The summed E-state index contributed by atoms with van der Waals surface area (Å²) in [5.74, 6) is 0.931. The fourth-order valence-corrected chi connectivity index (χ4v) is 1.73. The molecule has 0 unspecified atom stereocenters. The molecule has 2 rings (SSSR count). The van der Waals surface area contributed by atoms with Crippen LogP contribution in [0.2, 0.25) is 0 Å². The molecule has 0 fully saturated rings. The van der Waals surface area contributed by atoms with Gasteiger partial charge in [-0.25, -0.2) is 9.97 Å². The smallest absolute Gasteiger partial charge is 0.129 e. The van der Waals surface area contributed by atoms with Crippen LogP contribution in [-0.4, -0.2) is 9.97 Å². The van der Waals surface area contributed by atoms with Gasteiger partial charge in [0.1, 0.15) is 5.82 Å². The van der Waals surface area contributed by atoms with Crippen LogP contribution >= 0.6 is 11.3 Å². The van der Waals surface area contributed by atoms with E-state index >= 15 is 0 Å². The predicted octanol–water partition coefficient (Wildman–Crippen LogP) is 2.46. The molecule has 4 heteroatoms. The molecule has 0 aromatic carbocycles. The average Bonchev–Trinajstić information content (AvgIpc) is 2.69. The summed E-state index contributed by atoms with van der Waals surface area (Å²) in [6.07, 6.45) is 1.79. The minimum absolute atomic E-state index is 0.737. The van der Waals surface area contributed by atoms with Crippen LogP contribution in [-0.2, 0) is 6.54 Å². The second kappa shape index (κ2) is 4.19. The number of aryl methyl sites for hydroxylation is 1. The van der Waals surface area contributed by atoms with Crippen molar-refractivity contribution in [3.8, 4) is 0 Å². The van der Waals surface area contributed by atoms with Gasteiger partial charge < -0.3 is 5.32 Å². The molecule has 14 heavy (non-hydrogen) atoms. The molecular formula is C10H11N3S. The summed E-state index contributed by atoms with van der Waals surface area (Å²) in [5.41, 5.74) is 4.05. The van der Waals surface area contributed by atoms with E-state index in [4.69, 9.17) is 0 Å². The number of nitrogens with zero attached hydrogens (tertiary/aromatic N) is 2. The molecule has 0 saturated heterocycles. The molecule has 0 saturated carbocycles. The van der Waals surface area contributed by atoms with E-state index in [-0.39, 0.29) is 0 Å². The molecule has 0 aliphatic heterocycles. The third-order valence-corrected chi connectivity index (χ3v) is 2.57. The molecule has 2 aromatic heterocycles. The molecule has 0 spiro atoms. The third kappa shape index (κ3) is 2.09. The fraction of sp³-hybridized carbons (Fsp3) is 0.200. The SMILES string of the molecule is Cc1cccnc1NCc1cscn1. The molecule has 3 nitrogen and oxygen atoms in total. The van der Waals surface area contributed by atoms with Crippen molar-refractivity contribution < 1.29 is 0 Å². The van der Waals surface area contributed by atoms with Crippen LogP contribution in [0.5, 0.6) is 0 Å². The third-order valence-electron chi connectivity index (χ3n) is 1.93. The highest BCUT2D eigenvalue weighted by Crippen LogP contribution is 2.10. The monoisotopic (exact) mass is 205 g/mol. The number of hydrogen-bond donors (Lipinski definition) is 1. The van der Waals surface area contributed by atoms with Gasteiger partial charge in [-0.1, -0.05) is 6.07 Å². The van der Waals surface area contributed by atoms with E-state index in [2.05, 4.69) is 15.3 Å². The zero-order chi connectivity index (χ0) is 9.80. The van der Waals surface area contributed by atoms with Gasteiger partial charge in [-0.3, -0.25) is 0 Å². The predicted molar refractivity (Wildman–Crippen MR) is 58.4 cm³/mol. The summed E-state index contributed by atoms with van der Waals surface area (Å²) in [5, 5.41) is 5.28. The molecule has 0 atom stereocenters. The van der Waals surface area contributed by atoms with E-state index < -0.39 is 0 Å². The lowest BCUT2D eigenvalue weighted by Gasteiger charge is -2.05. The Balaban J connectivity index is 2.02. The number of rotatable bonds is 3. The first-order valence-electron chi connectivity index (χ1n) is 4.39. The largest absolute Gasteiger partial charge is 0.364 e. The van der Waals surface area contributed by atoms with Crippen molar-refractivity contribution in [2.45, 2.75) is 13.5 Å². The minimum Gasteiger partial charge on any atom is -0.364 e. The van der Waals surface area contributed by atoms with Crippen molar-refractivity contribution in [2.75, 3.05) is 5.32 Å². The van der Waals surface area contributed by atoms with Gasteiger partial charge in [-0.2, -0.15) is 0 Å². The quantitative estimate of drug-likeness (QED) is 0.836. The first-order chi connectivity index (χ1) is 6.86. The Morgan fingerprint density at radius 2 is 2.36 bits per heavy atom. The van der Waals surface area contributed by atoms with Gasteiger partial charge in [0.2, 0.25) is 0 Å². The Labute approximate surface area is 86.8 Å². The summed E-state index contributed by atoms with van der Waals surface area (Å²) in [7, 11) is 0. The van der Waals surface area contributed by atoms with Crippen LogP contribution in [0.15, 0.2) is 29.2 Å². The minimum atomic E-state index is 0.737. The van der Waals surface area contributed by atoms with E-state index in [1.54, 1.807) is 17.5 Å². The van der Waals surface area contributed by atoms with Gasteiger partial charge in [-0.15, -0.1) is 11.3 Å². The number of hydrogen-bond acceptors (Lipinski definition) is 4. The number of aromatic nitrogens is 2. The number of anilines is 1. The number of pyridine rings is 1. The molecule has 2 aromatic rings. The van der Waals surface area contributed by atoms with Crippen molar-refractivity contribution in [1.29, 1.82) is 0 Å². The van der Waals surface area contributed by atoms with Gasteiger partial charge in [0.15, 0.2) is 0 Å². The normalized spacial score (nSPS) is 10.1. The second-order valence-corrected chi connectivity index (χ2v) is 3.72. The van der Waals surface area contributed by atoms with Crippen LogP contribution in [0.25, 0.3) is 0 Å². The zero-order valence-electron chi connectivity index (χ0n) is 7.90. The van der Waals surface area contributed by atoms with E-state index in [9.17, 15) is 0 Å². The Morgan fingerprint density at radius 3 is 3.07 bits per heavy atom. The maximum atomic E-state index is 4.24. The number of thiazole rings is 1. The summed E-state index contributed by atoms with van der Waals surface area (Å²) in [4.78, 5) is 8.43. The summed E-state index contributed by atoms with van der Waals surface area (Å²) >= 11 is 1.61. The molecule has 0 aliphatic carbocycles. The average molecular weight is 205 g/mol. The topological polar surface area (TPSA) is 37.8 Å². The lowest BCUT2D eigenvalue weighted by molar-refractivity contribution is 1.04. The zero-order valence-corrected chi connectivity index (χ0v) is 8.71. The van der Waals surface area contributed by atoms with Gasteiger partial charge >= 0.3 is 0 Å². The Kier molecular flexibility index (Phi) is 2.74. The Morgan fingerprint density at radius 1 is 1.43 bits per heavy atom. The highest BCUT2D eigenvalue weighted by molar-refractivity contribution is 7.07. The van der Waals surface area contributed by atoms with Crippen LogP contribution in [0.1, 0.15) is 11.3 Å². The van der Waals surface area contributed by atoms with Crippen molar-refractivity contribution in [3.63, 3.8) is 0 Å². The van der Waals surface area contributed by atoms with Gasteiger partial charge in [0, 0.05) is 11.6 Å². The summed E-state index contributed by atoms with van der Waals surface area (Å²) in [6.45, 7) is 2.78. The molecule has 72 valence electrons. The molecule has 2 heterocycles. The van der Waals surface area contributed by atoms with E-state index in [0.29, 0.717) is 0 Å². The lowest BCUT2D eigenvalue weighted by Crippen LogP contribution is -2.02. The molecule has 0 aliphatic rings. The summed E-state index contributed by atoms with van der Waals surface area (Å²) < 4.78 is 0. The second-order valence-electron chi connectivity index (χ2n) is 3.00. The molecule has 0 amide bonds. The van der Waals surface area contributed by atoms with Crippen molar-refractivity contribution in [1.82, 2.24) is 9.97 Å². The van der Waals surface area contributed by atoms with Crippen molar-refractivity contribution in [3.05, 3.63) is 40.5 Å². The van der Waals surface area contributed by atoms with E-state index in [1.165, 1.54) is 0 Å². The van der Waals surface area contributed by atoms with E-state index in [0.717, 1.165) is 23.6 Å². The summed E-state index contributed by atoms with van der Waals surface area (Å²) in [6, 6.07) is 3.97. The van der Waals surface area contributed by atoms with Gasteiger partial charge in [0.05, 0.1) is 17.7 Å². The van der Waals surface area contributed by atoms with Crippen LogP contribution < -0.4 is 5.32 Å². The van der Waals surface area contributed by atoms with Crippen LogP contribution in [0.4, 0.5) is 5.82 Å². The first kappa shape index (κ1) is 9.15. The molecule has 1 N–H and O–H groups in total. The number of nitrogens with one attached hydrogen (secondary N) is 1. The standard InChI is InChI=1S/C10H11N3S/c1-8-3-2-4-11-10(8)12-5-9-6-14-7-13-9/h2-4,6-7H,5H2,1H3,(H,11,12). The van der Waals surface area contributed by atoms with Gasteiger partial charge in [-0.05, 0) is 18.6 Å².